The second kappa shape index (κ2) is 8.60. The van der Waals surface area contributed by atoms with Crippen molar-refractivity contribution in [1.29, 1.82) is 0 Å². The molecule has 1 aromatic carbocycles. The van der Waals surface area contributed by atoms with Crippen LogP contribution < -0.4 is 5.32 Å². The monoisotopic (exact) mass is 251 g/mol. The third-order valence-electron chi connectivity index (χ3n) is 3.18. The second-order valence-electron chi connectivity index (χ2n) is 4.50. The van der Waals surface area contributed by atoms with Crippen molar-refractivity contribution in [2.24, 2.45) is 5.92 Å². The quantitative estimate of drug-likeness (QED) is 0.695. The smallest absolute Gasteiger partial charge is 0.00902 e. The summed E-state index contributed by atoms with van der Waals surface area (Å²) in [4.78, 5) is 1.39. The van der Waals surface area contributed by atoms with Gasteiger partial charge in [0, 0.05) is 10.9 Å². The van der Waals surface area contributed by atoms with E-state index in [9.17, 15) is 0 Å². The summed E-state index contributed by atoms with van der Waals surface area (Å²) in [5.74, 6) is 1.98. The third-order valence-corrected chi connectivity index (χ3v) is 4.22. The molecule has 2 heteroatoms. The summed E-state index contributed by atoms with van der Waals surface area (Å²) in [5.41, 5.74) is 0. The summed E-state index contributed by atoms with van der Waals surface area (Å²) in [5, 5.41) is 3.57. The van der Waals surface area contributed by atoms with Gasteiger partial charge >= 0.3 is 0 Å². The molecule has 0 aliphatic heterocycles. The molecule has 1 aromatic rings. The highest BCUT2D eigenvalue weighted by molar-refractivity contribution is 7.99. The third kappa shape index (κ3) is 5.60. The Morgan fingerprint density at radius 2 is 1.88 bits per heavy atom. The van der Waals surface area contributed by atoms with E-state index in [1.165, 1.54) is 23.5 Å². The predicted octanol–water partition coefficient (Wildman–Crippen LogP) is 4.19. The Bertz CT molecular complexity index is 286. The zero-order valence-corrected chi connectivity index (χ0v) is 12.1. The molecule has 17 heavy (non-hydrogen) atoms. The van der Waals surface area contributed by atoms with Crippen LogP contribution in [-0.4, -0.2) is 18.3 Å². The summed E-state index contributed by atoms with van der Waals surface area (Å²) in [6.45, 7) is 7.90. The van der Waals surface area contributed by atoms with E-state index in [1.54, 1.807) is 0 Å². The van der Waals surface area contributed by atoms with E-state index in [1.807, 2.05) is 11.8 Å². The highest BCUT2D eigenvalue weighted by Crippen LogP contribution is 2.21. The minimum absolute atomic E-state index is 0.677. The Hall–Kier alpha value is -0.470. The average Bonchev–Trinajstić information content (AvgIpc) is 2.37. The first-order valence-electron chi connectivity index (χ1n) is 6.69. The largest absolute Gasteiger partial charge is 0.314 e. The van der Waals surface area contributed by atoms with Crippen LogP contribution >= 0.6 is 11.8 Å². The molecule has 0 bridgehead atoms. The molecule has 0 spiro atoms. The van der Waals surface area contributed by atoms with E-state index in [0.29, 0.717) is 6.04 Å². The lowest BCUT2D eigenvalue weighted by Crippen LogP contribution is -2.34. The number of benzene rings is 1. The van der Waals surface area contributed by atoms with Crippen LogP contribution in [0.15, 0.2) is 35.2 Å². The van der Waals surface area contributed by atoms with Crippen molar-refractivity contribution in [3.05, 3.63) is 30.3 Å². The summed E-state index contributed by atoms with van der Waals surface area (Å²) in [6.07, 6.45) is 2.51. The molecule has 0 radical (unpaired) electrons. The Morgan fingerprint density at radius 1 is 1.18 bits per heavy atom. The zero-order chi connectivity index (χ0) is 12.5. The van der Waals surface area contributed by atoms with Crippen LogP contribution in [0.5, 0.6) is 0 Å². The maximum atomic E-state index is 3.57. The molecule has 2 unspecified atom stereocenters. The topological polar surface area (TPSA) is 12.0 Å². The van der Waals surface area contributed by atoms with E-state index in [2.05, 4.69) is 56.4 Å². The van der Waals surface area contributed by atoms with Crippen molar-refractivity contribution in [2.75, 3.05) is 12.3 Å². The first-order chi connectivity index (χ1) is 8.27. The van der Waals surface area contributed by atoms with Gasteiger partial charge < -0.3 is 5.32 Å². The summed E-state index contributed by atoms with van der Waals surface area (Å²) < 4.78 is 0. The van der Waals surface area contributed by atoms with Gasteiger partial charge in [-0.25, -0.2) is 0 Å². The molecule has 0 saturated heterocycles. The molecule has 1 N–H and O–H groups in total. The fraction of sp³-hybridized carbons (Fsp3) is 0.600. The first-order valence-corrected chi connectivity index (χ1v) is 7.67. The predicted molar refractivity (Wildman–Crippen MR) is 78.7 cm³/mol. The fourth-order valence-corrected chi connectivity index (χ4v) is 3.17. The molecule has 1 nitrogen and oxygen atoms in total. The van der Waals surface area contributed by atoms with Crippen LogP contribution in [0.3, 0.4) is 0 Å². The highest BCUT2D eigenvalue weighted by Gasteiger charge is 2.13. The van der Waals surface area contributed by atoms with Gasteiger partial charge in [0.2, 0.25) is 0 Å². The van der Waals surface area contributed by atoms with Gasteiger partial charge in [0.25, 0.3) is 0 Å². The van der Waals surface area contributed by atoms with Crippen LogP contribution in [0, 0.1) is 5.92 Å². The number of nitrogens with one attached hydrogen (secondary N) is 1. The van der Waals surface area contributed by atoms with Crippen molar-refractivity contribution >= 4 is 11.8 Å². The van der Waals surface area contributed by atoms with Crippen LogP contribution in [0.1, 0.15) is 33.6 Å². The van der Waals surface area contributed by atoms with Crippen LogP contribution in [0.2, 0.25) is 0 Å². The highest BCUT2D eigenvalue weighted by atomic mass is 32.2. The van der Waals surface area contributed by atoms with E-state index in [0.717, 1.165) is 12.5 Å². The summed E-state index contributed by atoms with van der Waals surface area (Å²) in [6, 6.07) is 11.4. The minimum atomic E-state index is 0.677. The molecule has 1 rings (SSSR count). The average molecular weight is 251 g/mol. The van der Waals surface area contributed by atoms with Gasteiger partial charge in [0.05, 0.1) is 0 Å². The van der Waals surface area contributed by atoms with Crippen LogP contribution in [0.4, 0.5) is 0 Å². The van der Waals surface area contributed by atoms with Gasteiger partial charge in [0.1, 0.15) is 0 Å². The minimum Gasteiger partial charge on any atom is -0.314 e. The molecule has 0 aromatic heterocycles. The van der Waals surface area contributed by atoms with Crippen molar-refractivity contribution in [3.8, 4) is 0 Å². The molecule has 0 aliphatic rings. The first kappa shape index (κ1) is 14.6. The Labute approximate surface area is 110 Å². The van der Waals surface area contributed by atoms with Crippen LogP contribution in [0.25, 0.3) is 0 Å². The molecule has 0 aliphatic carbocycles. The van der Waals surface area contributed by atoms with Crippen molar-refractivity contribution in [3.63, 3.8) is 0 Å². The SMILES string of the molecule is CCNC(CC)C(C)CCSc1ccccc1. The van der Waals surface area contributed by atoms with E-state index in [-0.39, 0.29) is 0 Å². The summed E-state index contributed by atoms with van der Waals surface area (Å²) in [7, 11) is 0. The molecule has 0 saturated carbocycles. The molecule has 2 atom stereocenters. The normalized spacial score (nSPS) is 14.5. The number of rotatable bonds is 8. The lowest BCUT2D eigenvalue weighted by Gasteiger charge is -2.23. The Morgan fingerprint density at radius 3 is 2.47 bits per heavy atom. The summed E-state index contributed by atoms with van der Waals surface area (Å²) >= 11 is 1.97. The van der Waals surface area contributed by atoms with Crippen molar-refractivity contribution < 1.29 is 0 Å². The van der Waals surface area contributed by atoms with Gasteiger partial charge in [-0.15, -0.1) is 11.8 Å². The van der Waals surface area contributed by atoms with E-state index < -0.39 is 0 Å². The molecular weight excluding hydrogens is 226 g/mol. The lowest BCUT2D eigenvalue weighted by atomic mass is 9.97. The molecule has 0 amide bonds. The Balaban J connectivity index is 2.25. The second-order valence-corrected chi connectivity index (χ2v) is 5.67. The number of thioether (sulfide) groups is 1. The van der Waals surface area contributed by atoms with E-state index >= 15 is 0 Å². The maximum absolute atomic E-state index is 3.57. The van der Waals surface area contributed by atoms with Crippen molar-refractivity contribution in [1.82, 2.24) is 5.32 Å². The van der Waals surface area contributed by atoms with E-state index in [4.69, 9.17) is 0 Å². The zero-order valence-electron chi connectivity index (χ0n) is 11.3. The lowest BCUT2D eigenvalue weighted by molar-refractivity contribution is 0.366. The number of hydrogen-bond acceptors (Lipinski definition) is 2. The molecule has 96 valence electrons. The molecular formula is C15H25NS. The van der Waals surface area contributed by atoms with Gasteiger partial charge in [-0.3, -0.25) is 0 Å². The van der Waals surface area contributed by atoms with Gasteiger partial charge in [-0.05, 0) is 43.2 Å². The Kier molecular flexibility index (Phi) is 7.38. The molecule has 0 fully saturated rings. The van der Waals surface area contributed by atoms with Gasteiger partial charge in [-0.2, -0.15) is 0 Å². The fourth-order valence-electron chi connectivity index (χ4n) is 2.09. The van der Waals surface area contributed by atoms with Gasteiger partial charge in [-0.1, -0.05) is 39.0 Å². The molecule has 0 heterocycles. The number of hydrogen-bond donors (Lipinski definition) is 1. The van der Waals surface area contributed by atoms with Gasteiger partial charge in [0.15, 0.2) is 0 Å². The van der Waals surface area contributed by atoms with Crippen LogP contribution in [-0.2, 0) is 0 Å². The maximum Gasteiger partial charge on any atom is 0.00902 e. The standard InChI is InChI=1S/C15H25NS/c1-4-15(16-5-2)13(3)11-12-17-14-9-7-6-8-10-14/h6-10,13,15-16H,4-5,11-12H2,1-3H3. The van der Waals surface area contributed by atoms with Crippen molar-refractivity contribution in [2.45, 2.75) is 44.6 Å².